The number of piperidine rings is 1. The van der Waals surface area contributed by atoms with Gasteiger partial charge in [0.25, 0.3) is 0 Å². The lowest BCUT2D eigenvalue weighted by molar-refractivity contribution is -0.143. The Morgan fingerprint density at radius 3 is 2.59 bits per heavy atom. The molecule has 2 aromatic carbocycles. The lowest BCUT2D eigenvalue weighted by Gasteiger charge is -2.35. The van der Waals surface area contributed by atoms with E-state index in [0.29, 0.717) is 6.04 Å². The van der Waals surface area contributed by atoms with Gasteiger partial charge in [-0.25, -0.2) is 0 Å². The maximum Gasteiger partial charge on any atom is 0.306 e. The van der Waals surface area contributed by atoms with Gasteiger partial charge in [0.05, 0.1) is 5.92 Å². The van der Waals surface area contributed by atoms with Crippen molar-refractivity contribution in [1.82, 2.24) is 4.90 Å². The highest BCUT2D eigenvalue weighted by molar-refractivity contribution is 5.85. The first-order valence-electron chi connectivity index (χ1n) is 8.08. The molecule has 0 aromatic heterocycles. The summed E-state index contributed by atoms with van der Waals surface area (Å²) in [7, 11) is 0. The Balaban J connectivity index is 1.69. The Hall–Kier alpha value is -1.87. The highest BCUT2D eigenvalue weighted by Gasteiger charge is 2.26. The zero-order chi connectivity index (χ0) is 15.5. The average molecular weight is 297 g/mol. The summed E-state index contributed by atoms with van der Waals surface area (Å²) in [6, 6.07) is 15.4. The molecular weight excluding hydrogens is 274 g/mol. The number of hydrogen-bond donors (Lipinski definition) is 1. The number of carboxylic acids is 1. The van der Waals surface area contributed by atoms with Gasteiger partial charge in [0.1, 0.15) is 0 Å². The smallest absolute Gasteiger partial charge is 0.306 e. The third-order valence-corrected chi connectivity index (χ3v) is 4.90. The first-order valence-corrected chi connectivity index (χ1v) is 8.08. The molecule has 0 bridgehead atoms. The molecular formula is C19H23NO2. The summed E-state index contributed by atoms with van der Waals surface area (Å²) in [6.45, 7) is 4.04. The van der Waals surface area contributed by atoms with Crippen LogP contribution in [0.25, 0.3) is 10.8 Å². The summed E-state index contributed by atoms with van der Waals surface area (Å²) in [5, 5.41) is 11.7. The average Bonchev–Trinajstić information content (AvgIpc) is 2.55. The van der Waals surface area contributed by atoms with Gasteiger partial charge in [-0.1, -0.05) is 42.5 Å². The van der Waals surface area contributed by atoms with Crippen molar-refractivity contribution in [3.05, 3.63) is 48.0 Å². The SMILES string of the molecule is CC(Cc1cccc2ccccc12)N1CCC(C(=O)O)CC1. The maximum atomic E-state index is 11.0. The van der Waals surface area contributed by atoms with Crippen molar-refractivity contribution >= 4 is 16.7 Å². The van der Waals surface area contributed by atoms with Crippen LogP contribution in [0.1, 0.15) is 25.3 Å². The van der Waals surface area contributed by atoms with Crippen molar-refractivity contribution in [3.8, 4) is 0 Å². The standard InChI is InChI=1S/C19H23NO2/c1-14(20-11-9-16(10-12-20)19(21)22)13-17-7-4-6-15-5-2-3-8-18(15)17/h2-8,14,16H,9-13H2,1H3,(H,21,22). The predicted octanol–water partition coefficient (Wildman–Crippen LogP) is 3.57. The van der Waals surface area contributed by atoms with E-state index in [1.165, 1.54) is 16.3 Å². The molecule has 3 rings (SSSR count). The number of rotatable bonds is 4. The number of nitrogens with zero attached hydrogens (tertiary/aromatic N) is 1. The van der Waals surface area contributed by atoms with E-state index in [1.807, 2.05) is 0 Å². The number of hydrogen-bond acceptors (Lipinski definition) is 2. The highest BCUT2D eigenvalue weighted by atomic mass is 16.4. The molecule has 1 aliphatic heterocycles. The van der Waals surface area contributed by atoms with Crippen LogP contribution in [0.4, 0.5) is 0 Å². The minimum Gasteiger partial charge on any atom is -0.481 e. The molecule has 0 spiro atoms. The van der Waals surface area contributed by atoms with Crippen molar-refractivity contribution < 1.29 is 9.90 Å². The van der Waals surface area contributed by atoms with E-state index in [4.69, 9.17) is 5.11 Å². The monoisotopic (exact) mass is 297 g/mol. The van der Waals surface area contributed by atoms with Crippen LogP contribution in [-0.4, -0.2) is 35.1 Å². The number of aliphatic carboxylic acids is 1. The molecule has 0 radical (unpaired) electrons. The Bertz CT molecular complexity index is 654. The molecule has 2 aromatic rings. The van der Waals surface area contributed by atoms with Gasteiger partial charge >= 0.3 is 5.97 Å². The van der Waals surface area contributed by atoms with Gasteiger partial charge in [-0.2, -0.15) is 0 Å². The van der Waals surface area contributed by atoms with Crippen LogP contribution in [0.2, 0.25) is 0 Å². The number of likely N-dealkylation sites (tertiary alicyclic amines) is 1. The van der Waals surface area contributed by atoms with E-state index in [9.17, 15) is 4.79 Å². The van der Waals surface area contributed by atoms with Gasteiger partial charge in [0, 0.05) is 6.04 Å². The summed E-state index contributed by atoms with van der Waals surface area (Å²) in [5.74, 6) is -0.789. The molecule has 3 heteroatoms. The zero-order valence-electron chi connectivity index (χ0n) is 13.0. The summed E-state index contributed by atoms with van der Waals surface area (Å²) in [5.41, 5.74) is 1.38. The lowest BCUT2D eigenvalue weighted by Crippen LogP contribution is -2.42. The van der Waals surface area contributed by atoms with Crippen molar-refractivity contribution in [2.24, 2.45) is 5.92 Å². The second-order valence-electron chi connectivity index (χ2n) is 6.34. The summed E-state index contributed by atoms with van der Waals surface area (Å²) in [4.78, 5) is 13.5. The van der Waals surface area contributed by atoms with Gasteiger partial charge in [-0.15, -0.1) is 0 Å². The Labute approximate surface area is 131 Å². The van der Waals surface area contributed by atoms with E-state index >= 15 is 0 Å². The molecule has 1 fully saturated rings. The molecule has 1 heterocycles. The third kappa shape index (κ3) is 3.14. The predicted molar refractivity (Wildman–Crippen MR) is 89.0 cm³/mol. The first kappa shape index (κ1) is 15.0. The topological polar surface area (TPSA) is 40.5 Å². The molecule has 1 unspecified atom stereocenters. The van der Waals surface area contributed by atoms with Gasteiger partial charge in [0.15, 0.2) is 0 Å². The normalized spacial score (nSPS) is 18.4. The first-order chi connectivity index (χ1) is 10.6. The molecule has 0 amide bonds. The van der Waals surface area contributed by atoms with Crippen molar-refractivity contribution in [2.75, 3.05) is 13.1 Å². The van der Waals surface area contributed by atoms with Crippen LogP contribution in [0.3, 0.4) is 0 Å². The second kappa shape index (κ2) is 6.49. The van der Waals surface area contributed by atoms with Crippen LogP contribution in [0, 0.1) is 5.92 Å². The molecule has 1 saturated heterocycles. The molecule has 1 N–H and O–H groups in total. The van der Waals surface area contributed by atoms with Crippen molar-refractivity contribution in [2.45, 2.75) is 32.2 Å². The van der Waals surface area contributed by atoms with Crippen LogP contribution in [0.5, 0.6) is 0 Å². The van der Waals surface area contributed by atoms with Crippen LogP contribution < -0.4 is 0 Å². The minimum atomic E-state index is -0.638. The van der Waals surface area contributed by atoms with Gasteiger partial charge in [0.2, 0.25) is 0 Å². The van der Waals surface area contributed by atoms with Crippen LogP contribution >= 0.6 is 0 Å². The van der Waals surface area contributed by atoms with Gasteiger partial charge in [-0.3, -0.25) is 4.79 Å². The van der Waals surface area contributed by atoms with E-state index in [-0.39, 0.29) is 5.92 Å². The Kier molecular flexibility index (Phi) is 4.44. The highest BCUT2D eigenvalue weighted by Crippen LogP contribution is 2.24. The van der Waals surface area contributed by atoms with Crippen molar-refractivity contribution in [1.29, 1.82) is 0 Å². The van der Waals surface area contributed by atoms with E-state index in [0.717, 1.165) is 32.4 Å². The maximum absolute atomic E-state index is 11.0. The molecule has 1 atom stereocenters. The molecule has 3 nitrogen and oxygen atoms in total. The molecule has 22 heavy (non-hydrogen) atoms. The summed E-state index contributed by atoms with van der Waals surface area (Å²) < 4.78 is 0. The molecule has 0 saturated carbocycles. The minimum absolute atomic E-state index is 0.152. The van der Waals surface area contributed by atoms with Crippen LogP contribution in [-0.2, 0) is 11.2 Å². The third-order valence-electron chi connectivity index (χ3n) is 4.90. The second-order valence-corrected chi connectivity index (χ2v) is 6.34. The lowest BCUT2D eigenvalue weighted by atomic mass is 9.94. The van der Waals surface area contributed by atoms with Crippen LogP contribution in [0.15, 0.2) is 42.5 Å². The fraction of sp³-hybridized carbons (Fsp3) is 0.421. The molecule has 0 aliphatic carbocycles. The molecule has 116 valence electrons. The number of fused-ring (bicyclic) bond motifs is 1. The van der Waals surface area contributed by atoms with E-state index in [1.54, 1.807) is 0 Å². The van der Waals surface area contributed by atoms with Crippen molar-refractivity contribution in [3.63, 3.8) is 0 Å². The largest absolute Gasteiger partial charge is 0.481 e. The fourth-order valence-corrected chi connectivity index (χ4v) is 3.51. The summed E-state index contributed by atoms with van der Waals surface area (Å²) >= 11 is 0. The van der Waals surface area contributed by atoms with Gasteiger partial charge < -0.3 is 10.0 Å². The number of benzene rings is 2. The Morgan fingerprint density at radius 1 is 1.18 bits per heavy atom. The Morgan fingerprint density at radius 2 is 1.86 bits per heavy atom. The molecule has 1 aliphatic rings. The van der Waals surface area contributed by atoms with Gasteiger partial charge in [-0.05, 0) is 55.6 Å². The van der Waals surface area contributed by atoms with E-state index in [2.05, 4.69) is 54.3 Å². The quantitative estimate of drug-likeness (QED) is 0.938. The fourth-order valence-electron chi connectivity index (χ4n) is 3.51. The number of carboxylic acid groups (broad SMARTS) is 1. The number of carbonyl (C=O) groups is 1. The zero-order valence-corrected chi connectivity index (χ0v) is 13.0. The van der Waals surface area contributed by atoms with E-state index < -0.39 is 5.97 Å². The summed E-state index contributed by atoms with van der Waals surface area (Å²) in [6.07, 6.45) is 2.56.